The number of aryl methyl sites for hydroxylation is 5. The molecule has 0 spiro atoms. The number of sulfonamides is 1. The van der Waals surface area contributed by atoms with Gasteiger partial charge in [0.1, 0.15) is 0 Å². The minimum absolute atomic E-state index is 0.0530. The summed E-state index contributed by atoms with van der Waals surface area (Å²) in [5.41, 5.74) is 6.06. The van der Waals surface area contributed by atoms with E-state index >= 15 is 0 Å². The standard InChI is InChI=1S/C27H29N3O3S/c1-17-10-20(4)26(21(5)11-17)34(32,33)30(15-22-7-6-8-28-14-22)16-23-13-24-19(3)9-18(2)12-25(24)29-27(23)31/h6-14H,15-16H2,1-5H3,(H,29,31). The van der Waals surface area contributed by atoms with Gasteiger partial charge in [0.2, 0.25) is 10.0 Å². The summed E-state index contributed by atoms with van der Waals surface area (Å²) in [5.74, 6) is 0. The number of hydrogen-bond donors (Lipinski definition) is 1. The van der Waals surface area contributed by atoms with E-state index in [1.165, 1.54) is 4.31 Å². The van der Waals surface area contributed by atoms with Crippen LogP contribution < -0.4 is 5.56 Å². The minimum atomic E-state index is -3.91. The van der Waals surface area contributed by atoms with Crippen LogP contribution in [-0.4, -0.2) is 22.7 Å². The van der Waals surface area contributed by atoms with Crippen molar-refractivity contribution in [1.82, 2.24) is 14.3 Å². The van der Waals surface area contributed by atoms with Crippen LogP contribution >= 0.6 is 0 Å². The van der Waals surface area contributed by atoms with Gasteiger partial charge >= 0.3 is 0 Å². The molecule has 4 aromatic rings. The molecular formula is C27H29N3O3S. The van der Waals surface area contributed by atoms with Gasteiger partial charge in [-0.3, -0.25) is 9.78 Å². The van der Waals surface area contributed by atoms with E-state index in [-0.39, 0.29) is 23.5 Å². The molecule has 0 bridgehead atoms. The van der Waals surface area contributed by atoms with Crippen molar-refractivity contribution in [2.45, 2.75) is 52.6 Å². The maximum Gasteiger partial charge on any atom is 0.252 e. The maximum atomic E-state index is 14.0. The summed E-state index contributed by atoms with van der Waals surface area (Å²) in [4.78, 5) is 20.4. The summed E-state index contributed by atoms with van der Waals surface area (Å²) in [7, 11) is -3.91. The molecule has 4 rings (SSSR count). The van der Waals surface area contributed by atoms with Gasteiger partial charge < -0.3 is 4.98 Å². The van der Waals surface area contributed by atoms with Crippen LogP contribution in [0.3, 0.4) is 0 Å². The molecule has 2 aromatic heterocycles. The number of nitrogens with one attached hydrogen (secondary N) is 1. The number of hydrogen-bond acceptors (Lipinski definition) is 4. The van der Waals surface area contributed by atoms with Gasteiger partial charge in [-0.05, 0) is 80.6 Å². The second-order valence-corrected chi connectivity index (χ2v) is 10.9. The highest BCUT2D eigenvalue weighted by atomic mass is 32.2. The zero-order valence-corrected chi connectivity index (χ0v) is 21.0. The Morgan fingerprint density at radius 3 is 2.18 bits per heavy atom. The summed E-state index contributed by atoms with van der Waals surface area (Å²) in [5, 5.41) is 0.904. The zero-order chi connectivity index (χ0) is 24.6. The van der Waals surface area contributed by atoms with Crippen LogP contribution in [0, 0.1) is 34.6 Å². The molecule has 2 aromatic carbocycles. The zero-order valence-electron chi connectivity index (χ0n) is 20.1. The average Bonchev–Trinajstić information content (AvgIpc) is 2.73. The van der Waals surface area contributed by atoms with Crippen molar-refractivity contribution in [3.8, 4) is 0 Å². The Balaban J connectivity index is 1.85. The fourth-order valence-corrected chi connectivity index (χ4v) is 6.47. The molecule has 0 fully saturated rings. The van der Waals surface area contributed by atoms with Gasteiger partial charge in [-0.1, -0.05) is 29.8 Å². The summed E-state index contributed by atoms with van der Waals surface area (Å²) in [6, 6.07) is 13.1. The number of fused-ring (bicyclic) bond motifs is 1. The molecule has 0 unspecified atom stereocenters. The van der Waals surface area contributed by atoms with E-state index in [1.54, 1.807) is 18.5 Å². The Hall–Kier alpha value is -3.29. The van der Waals surface area contributed by atoms with E-state index in [0.717, 1.165) is 33.2 Å². The van der Waals surface area contributed by atoms with Gasteiger partial charge in [0.15, 0.2) is 0 Å². The lowest BCUT2D eigenvalue weighted by atomic mass is 10.0. The predicted molar refractivity (Wildman–Crippen MR) is 135 cm³/mol. The fraction of sp³-hybridized carbons (Fsp3) is 0.259. The highest BCUT2D eigenvalue weighted by Gasteiger charge is 2.29. The average molecular weight is 476 g/mol. The van der Waals surface area contributed by atoms with Gasteiger partial charge in [0.25, 0.3) is 5.56 Å². The van der Waals surface area contributed by atoms with Crippen molar-refractivity contribution >= 4 is 20.9 Å². The monoisotopic (exact) mass is 475 g/mol. The third-order valence-electron chi connectivity index (χ3n) is 6.02. The van der Waals surface area contributed by atoms with Crippen LogP contribution in [-0.2, 0) is 23.1 Å². The molecule has 0 atom stereocenters. The van der Waals surface area contributed by atoms with Crippen molar-refractivity contribution in [1.29, 1.82) is 0 Å². The van der Waals surface area contributed by atoms with E-state index in [0.29, 0.717) is 16.7 Å². The van der Waals surface area contributed by atoms with Crippen LogP contribution in [0.15, 0.2) is 64.5 Å². The Bertz CT molecular complexity index is 1520. The minimum Gasteiger partial charge on any atom is -0.322 e. The van der Waals surface area contributed by atoms with Crippen molar-refractivity contribution in [3.05, 3.63) is 104 Å². The quantitative estimate of drug-likeness (QED) is 0.432. The highest BCUT2D eigenvalue weighted by molar-refractivity contribution is 7.89. The van der Waals surface area contributed by atoms with E-state index in [4.69, 9.17) is 0 Å². The van der Waals surface area contributed by atoms with Gasteiger partial charge in [0, 0.05) is 41.9 Å². The normalized spacial score (nSPS) is 11.9. The SMILES string of the molecule is Cc1cc(C)c(S(=O)(=O)N(Cc2cccnc2)Cc2cc3c(C)cc(C)cc3[nH]c2=O)c(C)c1. The van der Waals surface area contributed by atoms with Crippen LogP contribution in [0.1, 0.15) is 38.9 Å². The topological polar surface area (TPSA) is 83.1 Å². The van der Waals surface area contributed by atoms with E-state index in [1.807, 2.05) is 71.0 Å². The molecule has 0 aliphatic rings. The molecule has 1 N–H and O–H groups in total. The number of pyridine rings is 2. The first kappa shape index (κ1) is 23.9. The Labute approximate surface area is 200 Å². The highest BCUT2D eigenvalue weighted by Crippen LogP contribution is 2.28. The molecule has 34 heavy (non-hydrogen) atoms. The lowest BCUT2D eigenvalue weighted by Gasteiger charge is -2.24. The molecule has 2 heterocycles. The number of nitrogens with zero attached hydrogens (tertiary/aromatic N) is 2. The molecule has 0 radical (unpaired) electrons. The van der Waals surface area contributed by atoms with Crippen LogP contribution in [0.25, 0.3) is 10.9 Å². The lowest BCUT2D eigenvalue weighted by Crippen LogP contribution is -2.33. The smallest absolute Gasteiger partial charge is 0.252 e. The molecule has 176 valence electrons. The van der Waals surface area contributed by atoms with Gasteiger partial charge in [-0.2, -0.15) is 4.31 Å². The number of H-pyrrole nitrogens is 1. The molecule has 0 aliphatic carbocycles. The molecule has 6 nitrogen and oxygen atoms in total. The summed E-state index contributed by atoms with van der Waals surface area (Å²) < 4.78 is 29.3. The first-order valence-electron chi connectivity index (χ1n) is 11.2. The van der Waals surface area contributed by atoms with Crippen molar-refractivity contribution < 1.29 is 8.42 Å². The second-order valence-electron chi connectivity index (χ2n) is 9.03. The Kier molecular flexibility index (Phi) is 6.43. The first-order valence-corrected chi connectivity index (χ1v) is 12.6. The van der Waals surface area contributed by atoms with E-state index in [9.17, 15) is 13.2 Å². The third kappa shape index (κ3) is 4.67. The molecule has 0 aliphatic heterocycles. The third-order valence-corrected chi connectivity index (χ3v) is 8.12. The van der Waals surface area contributed by atoms with Crippen molar-refractivity contribution in [2.75, 3.05) is 0 Å². The molecule has 0 saturated carbocycles. The summed E-state index contributed by atoms with van der Waals surface area (Å²) >= 11 is 0. The maximum absolute atomic E-state index is 14.0. The van der Waals surface area contributed by atoms with Crippen LogP contribution in [0.2, 0.25) is 0 Å². The molecule has 0 amide bonds. The Morgan fingerprint density at radius 2 is 1.53 bits per heavy atom. The van der Waals surface area contributed by atoms with Crippen LogP contribution in [0.4, 0.5) is 0 Å². The largest absolute Gasteiger partial charge is 0.322 e. The van der Waals surface area contributed by atoms with Gasteiger partial charge in [-0.25, -0.2) is 8.42 Å². The van der Waals surface area contributed by atoms with Gasteiger partial charge in [-0.15, -0.1) is 0 Å². The number of benzene rings is 2. The summed E-state index contributed by atoms with van der Waals surface area (Å²) in [6.45, 7) is 9.58. The fourth-order valence-electron chi connectivity index (χ4n) is 4.65. The van der Waals surface area contributed by atoms with Gasteiger partial charge in [0.05, 0.1) is 4.90 Å². The molecule has 7 heteroatoms. The number of rotatable bonds is 6. The second kappa shape index (κ2) is 9.16. The number of aromatic amines is 1. The number of aromatic nitrogens is 2. The van der Waals surface area contributed by atoms with Crippen LogP contribution in [0.5, 0.6) is 0 Å². The Morgan fingerprint density at radius 1 is 0.882 bits per heavy atom. The lowest BCUT2D eigenvalue weighted by molar-refractivity contribution is 0.399. The van der Waals surface area contributed by atoms with Crippen molar-refractivity contribution in [2.24, 2.45) is 0 Å². The first-order chi connectivity index (χ1) is 16.1. The predicted octanol–water partition coefficient (Wildman–Crippen LogP) is 4.86. The van der Waals surface area contributed by atoms with E-state index < -0.39 is 10.0 Å². The molecular weight excluding hydrogens is 446 g/mol. The summed E-state index contributed by atoms with van der Waals surface area (Å²) in [6.07, 6.45) is 3.30. The van der Waals surface area contributed by atoms with E-state index in [2.05, 4.69) is 9.97 Å². The molecule has 0 saturated heterocycles. The van der Waals surface area contributed by atoms with Crippen molar-refractivity contribution in [3.63, 3.8) is 0 Å².